The normalized spacial score (nSPS) is 13.6. The number of benzene rings is 9. The molecule has 58 heavy (non-hydrogen) atoms. The van der Waals surface area contributed by atoms with Crippen molar-refractivity contribution >= 4 is 55.5 Å². The number of para-hydroxylation sites is 2. The van der Waals surface area contributed by atoms with E-state index in [2.05, 4.69) is 216 Å². The summed E-state index contributed by atoms with van der Waals surface area (Å²) in [5.41, 5.74) is 12.9. The Kier molecular flexibility index (Phi) is 8.18. The fourth-order valence-corrected chi connectivity index (χ4v) is 8.46. The zero-order chi connectivity index (χ0) is 38.4. The lowest BCUT2D eigenvalue weighted by molar-refractivity contribution is 0.629. The van der Waals surface area contributed by atoms with E-state index in [-0.39, 0.29) is 6.17 Å². The van der Waals surface area contributed by atoms with Gasteiger partial charge >= 0.3 is 0 Å². The molecule has 1 aliphatic heterocycles. The maximum Gasteiger partial charge on any atom is 0.145 e. The van der Waals surface area contributed by atoms with Crippen LogP contribution in [-0.4, -0.2) is 0 Å². The molecule has 0 fully saturated rings. The van der Waals surface area contributed by atoms with Crippen LogP contribution in [0.4, 0.5) is 17.1 Å². The van der Waals surface area contributed by atoms with Crippen LogP contribution in [-0.2, 0) is 0 Å². The van der Waals surface area contributed by atoms with Gasteiger partial charge in [0.25, 0.3) is 0 Å². The molecule has 4 heteroatoms. The molecule has 0 radical (unpaired) electrons. The van der Waals surface area contributed by atoms with Crippen molar-refractivity contribution in [1.82, 2.24) is 5.32 Å². The van der Waals surface area contributed by atoms with Crippen molar-refractivity contribution in [3.63, 3.8) is 0 Å². The van der Waals surface area contributed by atoms with E-state index >= 15 is 0 Å². The van der Waals surface area contributed by atoms with Crippen LogP contribution in [0.2, 0.25) is 0 Å². The summed E-state index contributed by atoms with van der Waals surface area (Å²) in [5.74, 6) is 0. The quantitative estimate of drug-likeness (QED) is 0.177. The number of nitrogens with one attached hydrogen (secondary N) is 1. The van der Waals surface area contributed by atoms with E-state index in [1.54, 1.807) is 0 Å². The Morgan fingerprint density at radius 2 is 1.05 bits per heavy atom. The van der Waals surface area contributed by atoms with Crippen LogP contribution in [0.5, 0.6) is 0 Å². The fourth-order valence-electron chi connectivity index (χ4n) is 8.46. The van der Waals surface area contributed by atoms with Gasteiger partial charge in [0.1, 0.15) is 17.3 Å². The second kappa shape index (κ2) is 14.1. The van der Waals surface area contributed by atoms with E-state index in [9.17, 15) is 0 Å². The fraction of sp³-hybridized carbons (Fsp3) is 0.0185. The lowest BCUT2D eigenvalue weighted by Gasteiger charge is -2.26. The van der Waals surface area contributed by atoms with Crippen LogP contribution < -0.4 is 20.8 Å². The van der Waals surface area contributed by atoms with Gasteiger partial charge in [0.05, 0.1) is 11.1 Å². The van der Waals surface area contributed by atoms with E-state index in [1.165, 1.54) is 11.1 Å². The van der Waals surface area contributed by atoms with Crippen LogP contribution >= 0.6 is 0 Å². The Labute approximate surface area is 336 Å². The zero-order valence-electron chi connectivity index (χ0n) is 31.6. The van der Waals surface area contributed by atoms with Gasteiger partial charge in [0.15, 0.2) is 0 Å². The summed E-state index contributed by atoms with van der Waals surface area (Å²) in [5, 5.41) is 10.3. The summed E-state index contributed by atoms with van der Waals surface area (Å²) >= 11 is 0. The predicted octanol–water partition coefficient (Wildman–Crippen LogP) is 12.6. The second-order valence-corrected chi connectivity index (χ2v) is 14.8. The third kappa shape index (κ3) is 5.91. The van der Waals surface area contributed by atoms with E-state index in [0.717, 1.165) is 88.3 Å². The average Bonchev–Trinajstić information content (AvgIpc) is 3.69. The largest absolute Gasteiger partial charge is 0.455 e. The van der Waals surface area contributed by atoms with Crippen LogP contribution in [0.3, 0.4) is 0 Å². The molecule has 0 saturated heterocycles. The molecule has 0 spiro atoms. The highest BCUT2D eigenvalue weighted by Crippen LogP contribution is 2.43. The Morgan fingerprint density at radius 1 is 0.466 bits per heavy atom. The van der Waals surface area contributed by atoms with Crippen molar-refractivity contribution < 1.29 is 4.42 Å². The molecule has 11 rings (SSSR count). The third-order valence-electron chi connectivity index (χ3n) is 11.3. The molecule has 0 bridgehead atoms. The maximum absolute atomic E-state index is 6.88. The number of anilines is 3. The first kappa shape index (κ1) is 33.6. The number of rotatable bonds is 7. The molecule has 0 aliphatic carbocycles. The summed E-state index contributed by atoms with van der Waals surface area (Å²) in [6, 6.07) is 75.1. The molecule has 1 aromatic heterocycles. The lowest BCUT2D eigenvalue weighted by Crippen LogP contribution is -2.39. The van der Waals surface area contributed by atoms with Gasteiger partial charge in [0.2, 0.25) is 0 Å². The number of hydrogen-bond donors (Lipinski definition) is 1. The number of nitrogens with zero attached hydrogens (tertiary/aromatic N) is 2. The van der Waals surface area contributed by atoms with E-state index < -0.39 is 0 Å². The van der Waals surface area contributed by atoms with E-state index in [1.807, 2.05) is 6.07 Å². The van der Waals surface area contributed by atoms with Crippen molar-refractivity contribution in [3.05, 3.63) is 234 Å². The topological polar surface area (TPSA) is 40.8 Å². The minimum absolute atomic E-state index is 0.270. The highest BCUT2D eigenvalue weighted by molar-refractivity contribution is 6.21. The highest BCUT2D eigenvalue weighted by atomic mass is 16.3. The molecule has 274 valence electrons. The SMILES string of the molecule is c1ccc(C2=c3ccccc3=NC(c3ccc4c(c3)oc3c5ccccc5cc(-c5ccc(N(c6ccccc6)c6ccc(-c7ccccc7)cc6)cc5)c43)N2)cc1. The Bertz CT molecular complexity index is 3230. The predicted molar refractivity (Wildman–Crippen MR) is 239 cm³/mol. The number of furan rings is 1. The van der Waals surface area contributed by atoms with Gasteiger partial charge in [-0.2, -0.15) is 0 Å². The summed E-state index contributed by atoms with van der Waals surface area (Å²) in [4.78, 5) is 7.49. The molecule has 0 saturated carbocycles. The molecule has 0 amide bonds. The maximum atomic E-state index is 6.88. The van der Waals surface area contributed by atoms with E-state index in [0.29, 0.717) is 0 Å². The molecule has 9 aromatic carbocycles. The molecular formula is C54H37N3O. The van der Waals surface area contributed by atoms with Crippen molar-refractivity contribution in [2.24, 2.45) is 4.99 Å². The Morgan fingerprint density at radius 3 is 1.79 bits per heavy atom. The lowest BCUT2D eigenvalue weighted by atomic mass is 9.94. The minimum Gasteiger partial charge on any atom is -0.455 e. The standard InChI is InChI=1S/C54H37N3O/c1-4-14-36(15-5-1)37-24-29-43(30-25-37)57(42-19-8-3-9-20-42)44-31-26-38(27-32-44)48-34-40-18-10-11-21-45(40)53-51(48)47-33-28-41(35-50(47)58-53)54-55-49-23-13-12-22-46(49)52(56-54)39-16-6-2-7-17-39/h1-35,54,56H. The molecule has 1 aliphatic rings. The summed E-state index contributed by atoms with van der Waals surface area (Å²) in [7, 11) is 0. The van der Waals surface area contributed by atoms with Crippen molar-refractivity contribution in [3.8, 4) is 22.3 Å². The summed E-state index contributed by atoms with van der Waals surface area (Å²) < 4.78 is 6.88. The molecule has 1 N–H and O–H groups in total. The van der Waals surface area contributed by atoms with Gasteiger partial charge in [-0.3, -0.25) is 4.99 Å². The number of fused-ring (bicyclic) bond motifs is 6. The van der Waals surface area contributed by atoms with Gasteiger partial charge < -0.3 is 14.6 Å². The molecule has 1 unspecified atom stereocenters. The molecule has 2 heterocycles. The highest BCUT2D eigenvalue weighted by Gasteiger charge is 2.22. The molecule has 1 atom stereocenters. The van der Waals surface area contributed by atoms with Gasteiger partial charge in [0, 0.05) is 44.0 Å². The van der Waals surface area contributed by atoms with Gasteiger partial charge in [-0.05, 0) is 87.8 Å². The zero-order valence-corrected chi connectivity index (χ0v) is 31.6. The van der Waals surface area contributed by atoms with E-state index in [4.69, 9.17) is 9.41 Å². The molecule has 10 aromatic rings. The third-order valence-corrected chi connectivity index (χ3v) is 11.3. The van der Waals surface area contributed by atoms with Crippen LogP contribution in [0.1, 0.15) is 17.3 Å². The molecule has 4 nitrogen and oxygen atoms in total. The van der Waals surface area contributed by atoms with Crippen molar-refractivity contribution in [2.75, 3.05) is 4.90 Å². The van der Waals surface area contributed by atoms with Crippen LogP contribution in [0, 0.1) is 0 Å². The van der Waals surface area contributed by atoms with Gasteiger partial charge in [-0.15, -0.1) is 0 Å². The summed E-state index contributed by atoms with van der Waals surface area (Å²) in [6.45, 7) is 0. The minimum atomic E-state index is -0.270. The second-order valence-electron chi connectivity index (χ2n) is 14.8. The van der Waals surface area contributed by atoms with Crippen LogP contribution in [0.25, 0.3) is 60.7 Å². The monoisotopic (exact) mass is 743 g/mol. The first-order valence-electron chi connectivity index (χ1n) is 19.7. The van der Waals surface area contributed by atoms with Crippen molar-refractivity contribution in [1.29, 1.82) is 0 Å². The molecular weight excluding hydrogens is 707 g/mol. The van der Waals surface area contributed by atoms with Gasteiger partial charge in [-0.25, -0.2) is 0 Å². The van der Waals surface area contributed by atoms with Crippen LogP contribution in [0.15, 0.2) is 222 Å². The number of hydrogen-bond acceptors (Lipinski definition) is 4. The first-order chi connectivity index (χ1) is 28.7. The smallest absolute Gasteiger partial charge is 0.145 e. The van der Waals surface area contributed by atoms with Crippen molar-refractivity contribution in [2.45, 2.75) is 6.17 Å². The summed E-state index contributed by atoms with van der Waals surface area (Å²) in [6.07, 6.45) is -0.270. The van der Waals surface area contributed by atoms with Gasteiger partial charge in [-0.1, -0.05) is 158 Å². The Hall–Kier alpha value is -7.69. The first-order valence-corrected chi connectivity index (χ1v) is 19.7. The average molecular weight is 744 g/mol. The Balaban J connectivity index is 1.00.